The van der Waals surface area contributed by atoms with Crippen LogP contribution >= 0.6 is 11.6 Å². The van der Waals surface area contributed by atoms with Gasteiger partial charge in [-0.3, -0.25) is 0 Å². The molecular weight excluding hydrogens is 242 g/mol. The number of fused-ring (bicyclic) bond motifs is 1. The number of aryl methyl sites for hydroxylation is 2. The van der Waals surface area contributed by atoms with Gasteiger partial charge in [-0.25, -0.2) is 0 Å². The van der Waals surface area contributed by atoms with Crippen LogP contribution in [0.3, 0.4) is 0 Å². The van der Waals surface area contributed by atoms with E-state index >= 15 is 0 Å². The molecule has 0 aliphatic heterocycles. The van der Waals surface area contributed by atoms with E-state index in [1.807, 2.05) is 12.1 Å². The summed E-state index contributed by atoms with van der Waals surface area (Å²) in [7, 11) is 0. The van der Waals surface area contributed by atoms with Crippen molar-refractivity contribution in [1.82, 2.24) is 0 Å². The van der Waals surface area contributed by atoms with Crippen molar-refractivity contribution in [2.24, 2.45) is 0 Å². The molecule has 0 saturated carbocycles. The number of anilines is 1. The monoisotopic (exact) mass is 257 g/mol. The number of halogens is 1. The van der Waals surface area contributed by atoms with Crippen LogP contribution in [0.1, 0.15) is 29.2 Å². The van der Waals surface area contributed by atoms with Crippen molar-refractivity contribution in [3.8, 4) is 0 Å². The molecule has 1 N–H and O–H groups in total. The third-order valence-electron chi connectivity index (χ3n) is 3.66. The summed E-state index contributed by atoms with van der Waals surface area (Å²) in [4.78, 5) is 0. The topological polar surface area (TPSA) is 12.0 Å². The van der Waals surface area contributed by atoms with Crippen LogP contribution in [-0.4, -0.2) is 0 Å². The first-order valence-corrected chi connectivity index (χ1v) is 6.72. The van der Waals surface area contributed by atoms with Gasteiger partial charge in [-0.15, -0.1) is 0 Å². The summed E-state index contributed by atoms with van der Waals surface area (Å²) in [6, 6.07) is 15.1. The molecule has 2 heteroatoms. The highest BCUT2D eigenvalue weighted by Gasteiger charge is 2.21. The van der Waals surface area contributed by atoms with Crippen molar-refractivity contribution in [3.63, 3.8) is 0 Å². The summed E-state index contributed by atoms with van der Waals surface area (Å²) in [5.41, 5.74) is 5.28. The van der Waals surface area contributed by atoms with Crippen molar-refractivity contribution in [1.29, 1.82) is 0 Å². The fourth-order valence-corrected chi connectivity index (χ4v) is 2.82. The van der Waals surface area contributed by atoms with E-state index in [4.69, 9.17) is 11.6 Å². The predicted molar refractivity (Wildman–Crippen MR) is 77.3 cm³/mol. The van der Waals surface area contributed by atoms with Gasteiger partial charge in [0.2, 0.25) is 0 Å². The zero-order chi connectivity index (χ0) is 12.5. The molecule has 0 radical (unpaired) electrons. The zero-order valence-electron chi connectivity index (χ0n) is 10.4. The number of nitrogens with one attached hydrogen (secondary N) is 1. The first-order valence-electron chi connectivity index (χ1n) is 6.34. The van der Waals surface area contributed by atoms with E-state index in [1.54, 1.807) is 0 Å². The summed E-state index contributed by atoms with van der Waals surface area (Å²) in [5, 5.41) is 4.41. The third-order valence-corrected chi connectivity index (χ3v) is 3.90. The Morgan fingerprint density at radius 1 is 1.17 bits per heavy atom. The first-order chi connectivity index (χ1) is 8.74. The van der Waals surface area contributed by atoms with Gasteiger partial charge in [-0.2, -0.15) is 0 Å². The Labute approximate surface area is 113 Å². The van der Waals surface area contributed by atoms with Crippen LogP contribution in [0.2, 0.25) is 5.02 Å². The van der Waals surface area contributed by atoms with Crippen LogP contribution in [0.25, 0.3) is 0 Å². The van der Waals surface area contributed by atoms with Crippen LogP contribution in [0.15, 0.2) is 42.5 Å². The molecule has 0 fully saturated rings. The molecule has 0 aromatic heterocycles. The summed E-state index contributed by atoms with van der Waals surface area (Å²) in [6.07, 6.45) is 2.32. The maximum atomic E-state index is 6.06. The molecule has 3 rings (SSSR count). The SMILES string of the molecule is Cc1ccc(Cl)cc1NC1CCc2ccccc21. The van der Waals surface area contributed by atoms with E-state index < -0.39 is 0 Å². The fourth-order valence-electron chi connectivity index (χ4n) is 2.64. The molecule has 2 aromatic rings. The van der Waals surface area contributed by atoms with Gasteiger partial charge in [0, 0.05) is 10.7 Å². The average molecular weight is 258 g/mol. The number of rotatable bonds is 2. The largest absolute Gasteiger partial charge is 0.378 e. The molecule has 92 valence electrons. The highest BCUT2D eigenvalue weighted by Crippen LogP contribution is 2.34. The van der Waals surface area contributed by atoms with Gasteiger partial charge in [0.15, 0.2) is 0 Å². The molecule has 2 aromatic carbocycles. The van der Waals surface area contributed by atoms with Gasteiger partial charge in [0.05, 0.1) is 6.04 Å². The Balaban J connectivity index is 1.88. The molecule has 0 spiro atoms. The van der Waals surface area contributed by atoms with Crippen molar-refractivity contribution in [2.45, 2.75) is 25.8 Å². The first kappa shape index (κ1) is 11.6. The lowest BCUT2D eigenvalue weighted by Gasteiger charge is -2.17. The van der Waals surface area contributed by atoms with Gasteiger partial charge >= 0.3 is 0 Å². The van der Waals surface area contributed by atoms with Crippen LogP contribution in [-0.2, 0) is 6.42 Å². The van der Waals surface area contributed by atoms with Crippen molar-refractivity contribution in [2.75, 3.05) is 5.32 Å². The van der Waals surface area contributed by atoms with Crippen molar-refractivity contribution >= 4 is 17.3 Å². The summed E-state index contributed by atoms with van der Waals surface area (Å²) in [6.45, 7) is 2.11. The average Bonchev–Trinajstić information content (AvgIpc) is 2.78. The Hall–Kier alpha value is -1.47. The molecular formula is C16H16ClN. The van der Waals surface area contributed by atoms with Crippen LogP contribution in [0, 0.1) is 6.92 Å². The normalized spacial score (nSPS) is 17.6. The van der Waals surface area contributed by atoms with E-state index in [2.05, 4.69) is 42.6 Å². The van der Waals surface area contributed by atoms with Gasteiger partial charge in [-0.1, -0.05) is 41.9 Å². The summed E-state index contributed by atoms with van der Waals surface area (Å²) in [5.74, 6) is 0. The second-order valence-corrected chi connectivity index (χ2v) is 5.33. The minimum atomic E-state index is 0.415. The standard InChI is InChI=1S/C16H16ClN/c1-11-6-8-13(17)10-16(11)18-15-9-7-12-4-2-3-5-14(12)15/h2-6,8,10,15,18H,7,9H2,1H3. The number of hydrogen-bond acceptors (Lipinski definition) is 1. The zero-order valence-corrected chi connectivity index (χ0v) is 11.2. The van der Waals surface area contributed by atoms with Gasteiger partial charge in [-0.05, 0) is 48.6 Å². The molecule has 0 heterocycles. The van der Waals surface area contributed by atoms with Gasteiger partial charge < -0.3 is 5.32 Å². The van der Waals surface area contributed by atoms with Gasteiger partial charge in [0.1, 0.15) is 0 Å². The van der Waals surface area contributed by atoms with Crippen LogP contribution in [0.4, 0.5) is 5.69 Å². The minimum Gasteiger partial charge on any atom is -0.378 e. The van der Waals surface area contributed by atoms with Crippen molar-refractivity contribution < 1.29 is 0 Å². The third kappa shape index (κ3) is 2.11. The van der Waals surface area contributed by atoms with E-state index in [-0.39, 0.29) is 0 Å². The number of benzene rings is 2. The summed E-state index contributed by atoms with van der Waals surface area (Å²) < 4.78 is 0. The molecule has 1 nitrogen and oxygen atoms in total. The second kappa shape index (κ2) is 4.66. The van der Waals surface area contributed by atoms with E-state index in [1.165, 1.54) is 16.7 Å². The molecule has 0 bridgehead atoms. The lowest BCUT2D eigenvalue weighted by atomic mass is 10.1. The van der Waals surface area contributed by atoms with Crippen LogP contribution < -0.4 is 5.32 Å². The Morgan fingerprint density at radius 2 is 2.00 bits per heavy atom. The smallest absolute Gasteiger partial charge is 0.0519 e. The minimum absolute atomic E-state index is 0.415. The molecule has 1 aliphatic carbocycles. The second-order valence-electron chi connectivity index (χ2n) is 4.89. The molecule has 0 saturated heterocycles. The quantitative estimate of drug-likeness (QED) is 0.819. The van der Waals surface area contributed by atoms with E-state index in [9.17, 15) is 0 Å². The predicted octanol–water partition coefficient (Wildman–Crippen LogP) is 4.75. The maximum absolute atomic E-state index is 6.06. The molecule has 0 amide bonds. The van der Waals surface area contributed by atoms with Crippen LogP contribution in [0.5, 0.6) is 0 Å². The van der Waals surface area contributed by atoms with Gasteiger partial charge in [0.25, 0.3) is 0 Å². The van der Waals surface area contributed by atoms with Crippen molar-refractivity contribution in [3.05, 3.63) is 64.2 Å². The van der Waals surface area contributed by atoms with E-state index in [0.29, 0.717) is 6.04 Å². The Bertz CT molecular complexity index is 577. The Morgan fingerprint density at radius 3 is 2.89 bits per heavy atom. The summed E-state index contributed by atoms with van der Waals surface area (Å²) >= 11 is 6.06. The molecule has 1 aliphatic rings. The van der Waals surface area contributed by atoms with E-state index in [0.717, 1.165) is 23.6 Å². The lowest BCUT2D eigenvalue weighted by molar-refractivity contribution is 0.761. The Kier molecular flexibility index (Phi) is 3.00. The fraction of sp³-hybridized carbons (Fsp3) is 0.250. The lowest BCUT2D eigenvalue weighted by Crippen LogP contribution is -2.08. The highest BCUT2D eigenvalue weighted by atomic mass is 35.5. The highest BCUT2D eigenvalue weighted by molar-refractivity contribution is 6.30. The number of hydrogen-bond donors (Lipinski definition) is 1. The molecule has 1 atom stereocenters. The maximum Gasteiger partial charge on any atom is 0.0519 e. The molecule has 1 unspecified atom stereocenters. The molecule has 18 heavy (non-hydrogen) atoms.